The number of benzene rings is 1. The minimum absolute atomic E-state index is 0.0368. The van der Waals surface area contributed by atoms with Crippen LogP contribution in [0, 0.1) is 0 Å². The molecule has 4 heteroatoms. The van der Waals surface area contributed by atoms with E-state index in [1.807, 2.05) is 25.1 Å². The molecule has 16 heavy (non-hydrogen) atoms. The van der Waals surface area contributed by atoms with Crippen molar-refractivity contribution < 1.29 is 14.6 Å². The summed E-state index contributed by atoms with van der Waals surface area (Å²) < 4.78 is 5.77. The first kappa shape index (κ1) is 11.3. The average Bonchev–Trinajstić information content (AvgIpc) is 2.17. The summed E-state index contributed by atoms with van der Waals surface area (Å²) in [5.74, 6) is -0.0374. The topological polar surface area (TPSA) is 46.5 Å². The van der Waals surface area contributed by atoms with E-state index in [9.17, 15) is 4.79 Å². The lowest BCUT2D eigenvalue weighted by molar-refractivity contribution is -0.141. The van der Waals surface area contributed by atoms with Gasteiger partial charge in [-0.25, -0.2) is 0 Å². The third-order valence-electron chi connectivity index (χ3n) is 2.85. The van der Waals surface area contributed by atoms with Gasteiger partial charge in [0.1, 0.15) is 11.4 Å². The van der Waals surface area contributed by atoms with Crippen molar-refractivity contribution in [3.63, 3.8) is 0 Å². The fourth-order valence-electron chi connectivity index (χ4n) is 2.02. The van der Waals surface area contributed by atoms with E-state index >= 15 is 0 Å². The number of aryl methyl sites for hydroxylation is 1. The molecule has 1 aromatic rings. The quantitative estimate of drug-likeness (QED) is 0.778. The molecule has 1 aromatic carbocycles. The molecule has 0 amide bonds. The van der Waals surface area contributed by atoms with Gasteiger partial charge in [-0.1, -0.05) is 0 Å². The molecule has 1 unspecified atom stereocenters. The highest BCUT2D eigenvalue weighted by Gasteiger charge is 2.33. The summed E-state index contributed by atoms with van der Waals surface area (Å²) >= 11 is 4.27. The minimum atomic E-state index is -0.822. The molecule has 2 rings (SSSR count). The second-order valence-corrected chi connectivity index (χ2v) is 4.93. The van der Waals surface area contributed by atoms with Crippen LogP contribution in [0.4, 0.5) is 0 Å². The number of hydrogen-bond acceptors (Lipinski definition) is 3. The molecule has 0 saturated heterocycles. The maximum atomic E-state index is 10.7. The Balaban J connectivity index is 2.23. The molecule has 0 saturated carbocycles. The predicted molar refractivity (Wildman–Crippen MR) is 63.3 cm³/mol. The molecule has 0 bridgehead atoms. The summed E-state index contributed by atoms with van der Waals surface area (Å²) in [5, 5.41) is 8.83. The van der Waals surface area contributed by atoms with Crippen molar-refractivity contribution >= 4 is 18.6 Å². The number of ether oxygens (including phenoxy) is 1. The lowest BCUT2D eigenvalue weighted by Crippen LogP contribution is -2.38. The summed E-state index contributed by atoms with van der Waals surface area (Å²) in [4.78, 5) is 11.7. The minimum Gasteiger partial charge on any atom is -0.487 e. The maximum absolute atomic E-state index is 10.7. The number of rotatable bonds is 2. The third-order valence-corrected chi connectivity index (χ3v) is 3.13. The summed E-state index contributed by atoms with van der Waals surface area (Å²) in [6.07, 6.45) is 1.60. The summed E-state index contributed by atoms with van der Waals surface area (Å²) in [7, 11) is 0. The maximum Gasteiger partial charge on any atom is 0.307 e. The van der Waals surface area contributed by atoms with Gasteiger partial charge in [0, 0.05) is 4.90 Å². The molecular weight excluding hydrogens is 224 g/mol. The van der Waals surface area contributed by atoms with Crippen molar-refractivity contribution in [2.45, 2.75) is 36.7 Å². The molecule has 1 N–H and O–H groups in total. The summed E-state index contributed by atoms with van der Waals surface area (Å²) in [5.41, 5.74) is 0.520. The van der Waals surface area contributed by atoms with Gasteiger partial charge >= 0.3 is 5.97 Å². The number of hydrogen-bond donors (Lipinski definition) is 2. The average molecular weight is 238 g/mol. The zero-order chi connectivity index (χ0) is 11.8. The lowest BCUT2D eigenvalue weighted by atomic mass is 9.90. The first-order valence-corrected chi connectivity index (χ1v) is 5.66. The van der Waals surface area contributed by atoms with Gasteiger partial charge < -0.3 is 9.84 Å². The molecule has 3 nitrogen and oxygen atoms in total. The highest BCUT2D eigenvalue weighted by Crippen LogP contribution is 2.35. The van der Waals surface area contributed by atoms with Crippen LogP contribution in [-0.4, -0.2) is 16.7 Å². The smallest absolute Gasteiger partial charge is 0.307 e. The molecule has 86 valence electrons. The van der Waals surface area contributed by atoms with Crippen LogP contribution >= 0.6 is 12.6 Å². The van der Waals surface area contributed by atoms with Gasteiger partial charge in [0.2, 0.25) is 0 Å². The number of thiol groups is 1. The van der Waals surface area contributed by atoms with Gasteiger partial charge in [0.05, 0.1) is 6.42 Å². The molecular formula is C12H14O3S. The first-order valence-electron chi connectivity index (χ1n) is 5.21. The van der Waals surface area contributed by atoms with Crippen LogP contribution in [0.25, 0.3) is 0 Å². The van der Waals surface area contributed by atoms with Crippen LogP contribution < -0.4 is 4.74 Å². The fourth-order valence-corrected chi connectivity index (χ4v) is 2.25. The Labute approximate surface area is 99.8 Å². The standard InChI is InChI=1S/C12H14O3S/c1-12(7-11(13)14)5-4-8-6-9(16)2-3-10(8)15-12/h2-3,6,16H,4-5,7H2,1H3,(H,13,14). The highest BCUT2D eigenvalue weighted by atomic mass is 32.1. The van der Waals surface area contributed by atoms with Crippen LogP contribution in [0.5, 0.6) is 5.75 Å². The zero-order valence-electron chi connectivity index (χ0n) is 9.06. The van der Waals surface area contributed by atoms with Gasteiger partial charge in [0.25, 0.3) is 0 Å². The van der Waals surface area contributed by atoms with Crippen LogP contribution in [0.15, 0.2) is 23.1 Å². The van der Waals surface area contributed by atoms with Crippen LogP contribution in [-0.2, 0) is 11.2 Å². The molecule has 0 aliphatic carbocycles. The van der Waals surface area contributed by atoms with Crippen molar-refractivity contribution in [1.82, 2.24) is 0 Å². The van der Waals surface area contributed by atoms with Gasteiger partial charge in [-0.15, -0.1) is 12.6 Å². The zero-order valence-corrected chi connectivity index (χ0v) is 9.96. The SMILES string of the molecule is CC1(CC(=O)O)CCc2cc(S)ccc2O1. The van der Waals surface area contributed by atoms with Crippen molar-refractivity contribution in [2.75, 3.05) is 0 Å². The Morgan fingerprint density at radius 1 is 1.62 bits per heavy atom. The highest BCUT2D eigenvalue weighted by molar-refractivity contribution is 7.80. The number of aliphatic carboxylic acids is 1. The number of carbonyl (C=O) groups is 1. The van der Waals surface area contributed by atoms with Gasteiger partial charge in [-0.2, -0.15) is 0 Å². The monoisotopic (exact) mass is 238 g/mol. The Hall–Kier alpha value is -1.16. The van der Waals surface area contributed by atoms with E-state index in [4.69, 9.17) is 9.84 Å². The third kappa shape index (κ3) is 2.32. The van der Waals surface area contributed by atoms with E-state index in [2.05, 4.69) is 12.6 Å². The number of fused-ring (bicyclic) bond motifs is 1. The van der Waals surface area contributed by atoms with E-state index in [-0.39, 0.29) is 6.42 Å². The molecule has 0 fully saturated rings. The number of carboxylic acids is 1. The van der Waals surface area contributed by atoms with E-state index in [1.165, 1.54) is 0 Å². The Bertz CT molecular complexity index is 430. The molecule has 1 aliphatic heterocycles. The van der Waals surface area contributed by atoms with Crippen LogP contribution in [0.3, 0.4) is 0 Å². The molecule has 1 aliphatic rings. The van der Waals surface area contributed by atoms with E-state index in [0.29, 0.717) is 0 Å². The number of carboxylic acid groups (broad SMARTS) is 1. The molecule has 0 aromatic heterocycles. The van der Waals surface area contributed by atoms with Crippen LogP contribution in [0.2, 0.25) is 0 Å². The summed E-state index contributed by atoms with van der Waals surface area (Å²) in [6.45, 7) is 1.85. The Morgan fingerprint density at radius 2 is 2.38 bits per heavy atom. The Morgan fingerprint density at radius 3 is 3.06 bits per heavy atom. The van der Waals surface area contributed by atoms with Gasteiger partial charge in [-0.3, -0.25) is 4.79 Å². The predicted octanol–water partition coefficient (Wildman–Crippen LogP) is 2.53. The second-order valence-electron chi connectivity index (χ2n) is 4.41. The van der Waals surface area contributed by atoms with Gasteiger partial charge in [0.15, 0.2) is 0 Å². The van der Waals surface area contributed by atoms with Crippen LogP contribution in [0.1, 0.15) is 25.3 Å². The van der Waals surface area contributed by atoms with Crippen molar-refractivity contribution in [3.8, 4) is 5.75 Å². The van der Waals surface area contributed by atoms with E-state index in [1.54, 1.807) is 0 Å². The van der Waals surface area contributed by atoms with Gasteiger partial charge in [-0.05, 0) is 43.5 Å². The second kappa shape index (κ2) is 4.01. The molecule has 0 spiro atoms. The molecule has 1 heterocycles. The normalized spacial score (nSPS) is 23.4. The fraction of sp³-hybridized carbons (Fsp3) is 0.417. The van der Waals surface area contributed by atoms with Crippen molar-refractivity contribution in [1.29, 1.82) is 0 Å². The van der Waals surface area contributed by atoms with E-state index < -0.39 is 11.6 Å². The summed E-state index contributed by atoms with van der Waals surface area (Å²) in [6, 6.07) is 5.68. The van der Waals surface area contributed by atoms with Crippen molar-refractivity contribution in [2.24, 2.45) is 0 Å². The molecule has 0 radical (unpaired) electrons. The largest absolute Gasteiger partial charge is 0.487 e. The van der Waals surface area contributed by atoms with E-state index in [0.717, 1.165) is 29.1 Å². The lowest BCUT2D eigenvalue weighted by Gasteiger charge is -2.34. The Kier molecular flexibility index (Phi) is 2.84. The molecule has 1 atom stereocenters. The van der Waals surface area contributed by atoms with Crippen molar-refractivity contribution in [3.05, 3.63) is 23.8 Å². The first-order chi connectivity index (χ1) is 7.48.